The summed E-state index contributed by atoms with van der Waals surface area (Å²) in [4.78, 5) is 16.4. The van der Waals surface area contributed by atoms with Gasteiger partial charge >= 0.3 is 0 Å². The fourth-order valence-corrected chi connectivity index (χ4v) is 3.06. The Hall–Kier alpha value is -1.49. The maximum absolute atomic E-state index is 12.0. The third-order valence-corrected chi connectivity index (χ3v) is 4.34. The number of carbonyl (C=O) groups excluding carboxylic acids is 1. The standard InChI is InChI=1S/C15H21N3OS/c1-4-13(5-2)18-7-6-12(17-18)8-14(19)9-15-16-11(3)10-20-15/h6-7,10,13H,4-5,8-9H2,1-3H3. The molecule has 2 aromatic heterocycles. The molecule has 2 aromatic rings. The molecule has 0 N–H and O–H groups in total. The van der Waals surface area contributed by atoms with Crippen molar-refractivity contribution in [3.63, 3.8) is 0 Å². The SMILES string of the molecule is CCC(CC)n1ccc(CC(=O)Cc2nc(C)cs2)n1. The molecule has 2 heterocycles. The summed E-state index contributed by atoms with van der Waals surface area (Å²) in [5.41, 5.74) is 1.84. The molecule has 0 amide bonds. The van der Waals surface area contributed by atoms with Gasteiger partial charge in [-0.15, -0.1) is 11.3 Å². The number of ketones is 1. The van der Waals surface area contributed by atoms with E-state index in [4.69, 9.17) is 0 Å². The molecule has 0 atom stereocenters. The molecule has 20 heavy (non-hydrogen) atoms. The van der Waals surface area contributed by atoms with Crippen molar-refractivity contribution >= 4 is 17.1 Å². The van der Waals surface area contributed by atoms with Crippen LogP contribution in [0.25, 0.3) is 0 Å². The average molecular weight is 291 g/mol. The summed E-state index contributed by atoms with van der Waals surface area (Å²) in [5.74, 6) is 0.175. The Morgan fingerprint density at radius 3 is 2.70 bits per heavy atom. The van der Waals surface area contributed by atoms with E-state index in [-0.39, 0.29) is 5.78 Å². The fourth-order valence-electron chi connectivity index (χ4n) is 2.25. The molecular formula is C15H21N3OS. The molecule has 2 rings (SSSR count). The van der Waals surface area contributed by atoms with Crippen LogP contribution in [0.1, 0.15) is 49.1 Å². The molecule has 0 saturated carbocycles. The smallest absolute Gasteiger partial charge is 0.145 e. The molecule has 5 heteroatoms. The molecule has 0 fully saturated rings. The number of carbonyl (C=O) groups is 1. The van der Waals surface area contributed by atoms with E-state index in [0.717, 1.165) is 29.2 Å². The number of thiazole rings is 1. The van der Waals surface area contributed by atoms with Gasteiger partial charge in [0.25, 0.3) is 0 Å². The molecule has 0 saturated heterocycles. The summed E-state index contributed by atoms with van der Waals surface area (Å²) in [6.45, 7) is 6.26. The van der Waals surface area contributed by atoms with Crippen molar-refractivity contribution in [2.24, 2.45) is 0 Å². The van der Waals surface area contributed by atoms with Crippen molar-refractivity contribution in [3.8, 4) is 0 Å². The van der Waals surface area contributed by atoms with Crippen LogP contribution in [-0.4, -0.2) is 20.5 Å². The Morgan fingerprint density at radius 2 is 2.10 bits per heavy atom. The van der Waals surface area contributed by atoms with Gasteiger partial charge in [0.2, 0.25) is 0 Å². The van der Waals surface area contributed by atoms with E-state index >= 15 is 0 Å². The Balaban J connectivity index is 1.94. The molecule has 0 aromatic carbocycles. The van der Waals surface area contributed by atoms with Gasteiger partial charge in [0.1, 0.15) is 10.8 Å². The van der Waals surface area contributed by atoms with E-state index in [1.807, 2.05) is 29.2 Å². The molecule has 4 nitrogen and oxygen atoms in total. The van der Waals surface area contributed by atoms with Crippen LogP contribution in [0, 0.1) is 6.92 Å². The first kappa shape index (κ1) is 14.9. The first-order chi connectivity index (χ1) is 9.62. The molecule has 0 aliphatic heterocycles. The van der Waals surface area contributed by atoms with E-state index in [1.165, 1.54) is 0 Å². The second kappa shape index (κ2) is 6.79. The predicted octanol–water partition coefficient (Wildman–Crippen LogP) is 3.36. The number of nitrogens with zero attached hydrogens (tertiary/aromatic N) is 3. The van der Waals surface area contributed by atoms with Gasteiger partial charge in [-0.05, 0) is 25.8 Å². The van der Waals surface area contributed by atoms with Crippen molar-refractivity contribution in [2.75, 3.05) is 0 Å². The Morgan fingerprint density at radius 1 is 1.35 bits per heavy atom. The van der Waals surface area contributed by atoms with Crippen LogP contribution < -0.4 is 0 Å². The zero-order chi connectivity index (χ0) is 14.5. The lowest BCUT2D eigenvalue weighted by Crippen LogP contribution is -2.10. The van der Waals surface area contributed by atoms with Crippen LogP contribution in [0.3, 0.4) is 0 Å². The summed E-state index contributed by atoms with van der Waals surface area (Å²) < 4.78 is 1.98. The fraction of sp³-hybridized carbons (Fsp3) is 0.533. The Labute approximate surface area is 123 Å². The molecule has 0 aliphatic rings. The number of Topliss-reactive ketones (excluding diaryl/α,β-unsaturated/α-hetero) is 1. The minimum atomic E-state index is 0.175. The van der Waals surface area contributed by atoms with E-state index in [0.29, 0.717) is 18.9 Å². The average Bonchev–Trinajstić information content (AvgIpc) is 3.01. The number of aromatic nitrogens is 3. The second-order valence-corrected chi connectivity index (χ2v) is 5.97. The highest BCUT2D eigenvalue weighted by atomic mass is 32.1. The normalized spacial score (nSPS) is 11.2. The molecule has 0 bridgehead atoms. The molecule has 0 unspecified atom stereocenters. The lowest BCUT2D eigenvalue weighted by atomic mass is 10.2. The summed E-state index contributed by atoms with van der Waals surface area (Å²) in [6.07, 6.45) is 4.91. The third kappa shape index (κ3) is 3.76. The van der Waals surface area contributed by atoms with Crippen molar-refractivity contribution in [1.29, 1.82) is 0 Å². The largest absolute Gasteiger partial charge is 0.299 e. The van der Waals surface area contributed by atoms with E-state index < -0.39 is 0 Å². The molecule has 0 spiro atoms. The van der Waals surface area contributed by atoms with Crippen LogP contribution in [0.15, 0.2) is 17.6 Å². The van der Waals surface area contributed by atoms with Gasteiger partial charge in [-0.3, -0.25) is 9.48 Å². The molecule has 0 radical (unpaired) electrons. The van der Waals surface area contributed by atoms with E-state index in [1.54, 1.807) is 11.3 Å². The zero-order valence-corrected chi connectivity index (χ0v) is 13.1. The van der Waals surface area contributed by atoms with Gasteiger partial charge in [0.05, 0.1) is 24.6 Å². The number of aryl methyl sites for hydroxylation is 1. The van der Waals surface area contributed by atoms with Crippen molar-refractivity contribution in [3.05, 3.63) is 34.0 Å². The van der Waals surface area contributed by atoms with Crippen LogP contribution in [0.5, 0.6) is 0 Å². The third-order valence-electron chi connectivity index (χ3n) is 3.37. The van der Waals surface area contributed by atoms with Crippen LogP contribution in [-0.2, 0) is 17.6 Å². The summed E-state index contributed by atoms with van der Waals surface area (Å²) in [6, 6.07) is 2.38. The van der Waals surface area contributed by atoms with Gasteiger partial charge < -0.3 is 0 Å². The lowest BCUT2D eigenvalue weighted by molar-refractivity contribution is -0.117. The Bertz CT molecular complexity index is 569. The Kier molecular flexibility index (Phi) is 5.06. The monoisotopic (exact) mass is 291 g/mol. The van der Waals surface area contributed by atoms with Gasteiger partial charge in [0.15, 0.2) is 0 Å². The lowest BCUT2D eigenvalue weighted by Gasteiger charge is -2.12. The van der Waals surface area contributed by atoms with Gasteiger partial charge in [-0.1, -0.05) is 13.8 Å². The maximum atomic E-state index is 12.0. The quantitative estimate of drug-likeness (QED) is 0.786. The molecule has 0 aliphatic carbocycles. The predicted molar refractivity (Wildman–Crippen MR) is 81.1 cm³/mol. The van der Waals surface area contributed by atoms with E-state index in [2.05, 4.69) is 23.9 Å². The van der Waals surface area contributed by atoms with Crippen molar-refractivity contribution < 1.29 is 4.79 Å². The summed E-state index contributed by atoms with van der Waals surface area (Å²) in [7, 11) is 0. The highest BCUT2D eigenvalue weighted by Gasteiger charge is 2.12. The first-order valence-electron chi connectivity index (χ1n) is 7.09. The number of hydrogen-bond donors (Lipinski definition) is 0. The van der Waals surface area contributed by atoms with E-state index in [9.17, 15) is 4.79 Å². The van der Waals surface area contributed by atoms with Crippen LogP contribution in [0.2, 0.25) is 0 Å². The van der Waals surface area contributed by atoms with Gasteiger partial charge in [-0.2, -0.15) is 5.10 Å². The van der Waals surface area contributed by atoms with Crippen LogP contribution >= 0.6 is 11.3 Å². The highest BCUT2D eigenvalue weighted by molar-refractivity contribution is 7.09. The first-order valence-corrected chi connectivity index (χ1v) is 7.97. The topological polar surface area (TPSA) is 47.8 Å². The van der Waals surface area contributed by atoms with Crippen molar-refractivity contribution in [2.45, 2.75) is 52.5 Å². The molecular weight excluding hydrogens is 270 g/mol. The molecule has 108 valence electrons. The number of rotatable bonds is 7. The summed E-state index contributed by atoms with van der Waals surface area (Å²) in [5, 5.41) is 7.39. The van der Waals surface area contributed by atoms with Gasteiger partial charge in [0, 0.05) is 17.3 Å². The van der Waals surface area contributed by atoms with Crippen molar-refractivity contribution in [1.82, 2.24) is 14.8 Å². The minimum Gasteiger partial charge on any atom is -0.299 e. The minimum absolute atomic E-state index is 0.175. The van der Waals surface area contributed by atoms with Crippen LogP contribution in [0.4, 0.5) is 0 Å². The maximum Gasteiger partial charge on any atom is 0.145 e. The highest BCUT2D eigenvalue weighted by Crippen LogP contribution is 2.15. The summed E-state index contributed by atoms with van der Waals surface area (Å²) >= 11 is 1.55. The zero-order valence-electron chi connectivity index (χ0n) is 12.3. The van der Waals surface area contributed by atoms with Gasteiger partial charge in [-0.25, -0.2) is 4.98 Å². The second-order valence-electron chi connectivity index (χ2n) is 5.03. The number of hydrogen-bond acceptors (Lipinski definition) is 4.